The number of nitrogens with zero attached hydrogens (tertiary/aromatic N) is 4. The van der Waals surface area contributed by atoms with Gasteiger partial charge in [-0.2, -0.15) is 0 Å². The number of ether oxygens (including phenoxy) is 2. The number of piperidine rings is 1. The third-order valence-electron chi connectivity index (χ3n) is 7.84. The van der Waals surface area contributed by atoms with Gasteiger partial charge in [-0.25, -0.2) is 4.79 Å². The Bertz CT molecular complexity index is 801. The summed E-state index contributed by atoms with van der Waals surface area (Å²) in [4.78, 5) is 22.2. The maximum absolute atomic E-state index is 13.0. The Morgan fingerprint density at radius 2 is 1.52 bits per heavy atom. The zero-order valence-electron chi connectivity index (χ0n) is 21.0. The molecule has 2 fully saturated rings. The van der Waals surface area contributed by atoms with Crippen molar-refractivity contribution in [2.24, 2.45) is 0 Å². The summed E-state index contributed by atoms with van der Waals surface area (Å²) in [5.41, 5.74) is 2.79. The summed E-state index contributed by atoms with van der Waals surface area (Å²) in [5, 5.41) is 0. The van der Waals surface area contributed by atoms with E-state index in [1.165, 1.54) is 17.5 Å². The molecule has 4 rings (SSSR count). The van der Waals surface area contributed by atoms with Crippen LogP contribution in [0.2, 0.25) is 0 Å². The summed E-state index contributed by atoms with van der Waals surface area (Å²) in [7, 11) is 5.55. The van der Waals surface area contributed by atoms with E-state index in [1.807, 2.05) is 4.90 Å². The van der Waals surface area contributed by atoms with Crippen LogP contribution in [-0.4, -0.2) is 105 Å². The third kappa shape index (κ3) is 5.40. The van der Waals surface area contributed by atoms with Crippen LogP contribution in [0.5, 0.6) is 11.5 Å². The molecule has 2 heterocycles. The summed E-state index contributed by atoms with van der Waals surface area (Å²) in [6.07, 6.45) is 6.65. The van der Waals surface area contributed by atoms with Crippen molar-refractivity contribution >= 4 is 6.03 Å². The van der Waals surface area contributed by atoms with Crippen molar-refractivity contribution in [2.45, 2.75) is 57.5 Å². The molecule has 0 N–H and O–H groups in total. The summed E-state index contributed by atoms with van der Waals surface area (Å²) in [6.45, 7) is 8.83. The number of methoxy groups -OCH3 is 2. The molecule has 1 aromatic carbocycles. The zero-order chi connectivity index (χ0) is 23.4. The average Bonchev–Trinajstić information content (AvgIpc) is 2.86. The first-order chi connectivity index (χ1) is 16.0. The van der Waals surface area contributed by atoms with Gasteiger partial charge in [0.1, 0.15) is 0 Å². The van der Waals surface area contributed by atoms with Gasteiger partial charge in [0.2, 0.25) is 0 Å². The lowest BCUT2D eigenvalue weighted by Gasteiger charge is -2.45. The molecule has 2 saturated heterocycles. The highest BCUT2D eigenvalue weighted by Crippen LogP contribution is 2.36. The van der Waals surface area contributed by atoms with Gasteiger partial charge in [0, 0.05) is 51.4 Å². The van der Waals surface area contributed by atoms with E-state index in [2.05, 4.69) is 40.8 Å². The first-order valence-electron chi connectivity index (χ1n) is 12.8. The maximum Gasteiger partial charge on any atom is 0.320 e. The van der Waals surface area contributed by atoms with Crippen molar-refractivity contribution in [1.82, 2.24) is 19.6 Å². The molecule has 0 aromatic heterocycles. The van der Waals surface area contributed by atoms with E-state index in [0.717, 1.165) is 89.4 Å². The predicted molar refractivity (Wildman–Crippen MR) is 131 cm³/mol. The number of hydrogen-bond acceptors (Lipinski definition) is 5. The molecule has 2 amide bonds. The lowest BCUT2D eigenvalue weighted by Crippen LogP contribution is -2.56. The summed E-state index contributed by atoms with van der Waals surface area (Å²) < 4.78 is 11.1. The Balaban J connectivity index is 1.38. The molecule has 1 aromatic rings. The molecule has 3 aliphatic rings. The van der Waals surface area contributed by atoms with Crippen molar-refractivity contribution in [3.63, 3.8) is 0 Å². The van der Waals surface area contributed by atoms with Crippen LogP contribution in [0.15, 0.2) is 12.1 Å². The number of carbonyl (C=O) groups is 1. The Labute approximate surface area is 199 Å². The molecule has 0 spiro atoms. The highest BCUT2D eigenvalue weighted by molar-refractivity contribution is 5.74. The molecule has 0 radical (unpaired) electrons. The third-order valence-corrected chi connectivity index (χ3v) is 7.84. The number of likely N-dealkylation sites (tertiary alicyclic amines) is 1. The number of benzene rings is 1. The van der Waals surface area contributed by atoms with E-state index in [1.54, 1.807) is 14.2 Å². The molecule has 7 nitrogen and oxygen atoms in total. The summed E-state index contributed by atoms with van der Waals surface area (Å²) in [5.74, 6) is 1.66. The number of aryl methyl sites for hydroxylation is 1. The zero-order valence-corrected chi connectivity index (χ0v) is 21.0. The Morgan fingerprint density at radius 3 is 2.12 bits per heavy atom. The van der Waals surface area contributed by atoms with Gasteiger partial charge in [0.15, 0.2) is 11.5 Å². The van der Waals surface area contributed by atoms with Crippen LogP contribution in [0, 0.1) is 0 Å². The second-order valence-corrected chi connectivity index (χ2v) is 9.90. The van der Waals surface area contributed by atoms with Crippen molar-refractivity contribution < 1.29 is 14.3 Å². The number of rotatable bonds is 6. The van der Waals surface area contributed by atoms with Gasteiger partial charge in [0.05, 0.1) is 14.2 Å². The van der Waals surface area contributed by atoms with E-state index in [9.17, 15) is 4.79 Å². The molecule has 0 bridgehead atoms. The first kappa shape index (κ1) is 24.1. The molecule has 33 heavy (non-hydrogen) atoms. The minimum Gasteiger partial charge on any atom is -0.493 e. The van der Waals surface area contributed by atoms with E-state index < -0.39 is 0 Å². The molecule has 7 heteroatoms. The lowest BCUT2D eigenvalue weighted by atomic mass is 9.85. The van der Waals surface area contributed by atoms with Crippen LogP contribution in [0.25, 0.3) is 0 Å². The van der Waals surface area contributed by atoms with Gasteiger partial charge in [-0.3, -0.25) is 4.90 Å². The van der Waals surface area contributed by atoms with Gasteiger partial charge in [-0.1, -0.05) is 6.92 Å². The number of urea groups is 1. The van der Waals surface area contributed by atoms with E-state index in [-0.39, 0.29) is 6.03 Å². The number of hydrogen-bond donors (Lipinski definition) is 0. The second kappa shape index (κ2) is 11.0. The van der Waals surface area contributed by atoms with Crippen LogP contribution in [0.1, 0.15) is 43.7 Å². The normalized spacial score (nSPS) is 22.4. The Morgan fingerprint density at radius 1 is 0.909 bits per heavy atom. The van der Waals surface area contributed by atoms with Crippen LogP contribution in [0.3, 0.4) is 0 Å². The molecule has 1 unspecified atom stereocenters. The molecule has 184 valence electrons. The fourth-order valence-corrected chi connectivity index (χ4v) is 5.86. The summed E-state index contributed by atoms with van der Waals surface area (Å²) in [6, 6.07) is 5.71. The van der Waals surface area contributed by atoms with Crippen molar-refractivity contribution in [3.05, 3.63) is 23.3 Å². The molecular weight excluding hydrogens is 416 g/mol. The van der Waals surface area contributed by atoms with Gasteiger partial charge in [0.25, 0.3) is 0 Å². The van der Waals surface area contributed by atoms with E-state index >= 15 is 0 Å². The van der Waals surface area contributed by atoms with Crippen LogP contribution >= 0.6 is 0 Å². The fraction of sp³-hybridized carbons (Fsp3) is 0.731. The molecule has 2 aliphatic heterocycles. The van der Waals surface area contributed by atoms with Crippen LogP contribution in [0.4, 0.5) is 4.79 Å². The monoisotopic (exact) mass is 458 g/mol. The molecular formula is C26H42N4O3. The number of piperazine rings is 1. The fourth-order valence-electron chi connectivity index (χ4n) is 5.86. The van der Waals surface area contributed by atoms with Gasteiger partial charge >= 0.3 is 6.03 Å². The topological polar surface area (TPSA) is 48.5 Å². The number of amides is 2. The van der Waals surface area contributed by atoms with Crippen molar-refractivity contribution in [2.75, 3.05) is 67.1 Å². The maximum atomic E-state index is 13.0. The standard InChI is InChI=1S/C26H42N4O3/c1-5-10-30(23-7-6-20-18-24(32-3)25(33-4)19-21(20)17-23)22-8-11-28(12-9-22)26(31)29-15-13-27(2)14-16-29/h18-19,22-23H,5-17H2,1-4H3. The highest BCUT2D eigenvalue weighted by Gasteiger charge is 2.34. The summed E-state index contributed by atoms with van der Waals surface area (Å²) >= 11 is 0. The van der Waals surface area contributed by atoms with Crippen molar-refractivity contribution in [3.8, 4) is 11.5 Å². The largest absolute Gasteiger partial charge is 0.493 e. The quantitative estimate of drug-likeness (QED) is 0.656. The van der Waals surface area contributed by atoms with E-state index in [4.69, 9.17) is 9.47 Å². The molecule has 1 atom stereocenters. The molecule has 1 aliphatic carbocycles. The number of fused-ring (bicyclic) bond motifs is 1. The second-order valence-electron chi connectivity index (χ2n) is 9.90. The Hall–Kier alpha value is -1.99. The van der Waals surface area contributed by atoms with Crippen molar-refractivity contribution in [1.29, 1.82) is 0 Å². The van der Waals surface area contributed by atoms with Gasteiger partial charge in [-0.05, 0) is 75.4 Å². The highest BCUT2D eigenvalue weighted by atomic mass is 16.5. The first-order valence-corrected chi connectivity index (χ1v) is 12.8. The smallest absolute Gasteiger partial charge is 0.320 e. The van der Waals surface area contributed by atoms with Gasteiger partial charge < -0.3 is 24.2 Å². The predicted octanol–water partition coefficient (Wildman–Crippen LogP) is 3.10. The Kier molecular flexibility index (Phi) is 8.02. The average molecular weight is 459 g/mol. The number of likely N-dealkylation sites (N-methyl/N-ethyl adjacent to an activating group) is 1. The number of carbonyl (C=O) groups excluding carboxylic acids is 1. The van der Waals surface area contributed by atoms with E-state index in [0.29, 0.717) is 12.1 Å². The molecule has 0 saturated carbocycles. The van der Waals surface area contributed by atoms with Crippen LogP contribution < -0.4 is 9.47 Å². The van der Waals surface area contributed by atoms with Crippen LogP contribution in [-0.2, 0) is 12.8 Å². The minimum absolute atomic E-state index is 0.247. The lowest BCUT2D eigenvalue weighted by molar-refractivity contribution is 0.0633. The minimum atomic E-state index is 0.247. The van der Waals surface area contributed by atoms with Gasteiger partial charge in [-0.15, -0.1) is 0 Å². The SMILES string of the molecule is CCCN(C1CCN(C(=O)N2CCN(C)CC2)CC1)C1CCc2cc(OC)c(OC)cc2C1.